The van der Waals surface area contributed by atoms with Crippen LogP contribution in [0.15, 0.2) is 78.9 Å². The van der Waals surface area contributed by atoms with Crippen LogP contribution in [0, 0.1) is 0 Å². The highest BCUT2D eigenvalue weighted by atomic mass is 16.7. The molecule has 202 valence electrons. The molecule has 1 saturated carbocycles. The molecule has 0 bridgehead atoms. The minimum Gasteiger partial charge on any atom is -0.399 e. The normalized spacial score (nSPS) is 24.6. The predicted octanol–water partition coefficient (Wildman–Crippen LogP) is 5.52. The molecule has 1 N–H and O–H groups in total. The van der Waals surface area contributed by atoms with Crippen molar-refractivity contribution < 1.29 is 14.1 Å². The third kappa shape index (κ3) is 4.43. The van der Waals surface area contributed by atoms with Crippen LogP contribution >= 0.6 is 0 Å². The van der Waals surface area contributed by atoms with Crippen LogP contribution in [0.3, 0.4) is 0 Å². The Hall–Kier alpha value is -2.93. The zero-order chi connectivity index (χ0) is 27.6. The predicted molar refractivity (Wildman–Crippen MR) is 157 cm³/mol. The molecule has 5 nitrogen and oxygen atoms in total. The molecular formula is C33H39BN2O3. The Morgan fingerprint density at radius 3 is 1.90 bits per heavy atom. The number of amides is 1. The smallest absolute Gasteiger partial charge is 0.399 e. The van der Waals surface area contributed by atoms with Gasteiger partial charge in [0.05, 0.1) is 22.7 Å². The van der Waals surface area contributed by atoms with E-state index in [1.54, 1.807) is 0 Å². The summed E-state index contributed by atoms with van der Waals surface area (Å²) in [5.41, 5.74) is 4.17. The summed E-state index contributed by atoms with van der Waals surface area (Å²) in [6.07, 6.45) is 1.83. The Morgan fingerprint density at radius 1 is 0.821 bits per heavy atom. The number of fused-ring (bicyclic) bond motifs is 1. The standard InChI is InChI=1S/C33H39BN2O3/c1-31(2)27-18-17-24(34-38-32(3,4)33(5,6)39-34)19-28(27)36(30(31)37)26-20-25(21-26)35-29(22-13-9-7-10-14-22)23-15-11-8-12-16-23/h7-19,25-26,29,35H,20-21H2,1-6H3. The maximum Gasteiger partial charge on any atom is 0.494 e. The fourth-order valence-corrected chi connectivity index (χ4v) is 6.14. The molecule has 6 heteroatoms. The molecule has 3 aliphatic rings. The minimum absolute atomic E-state index is 0.117. The molecule has 1 aliphatic carbocycles. The highest BCUT2D eigenvalue weighted by molar-refractivity contribution is 6.62. The van der Waals surface area contributed by atoms with Crippen LogP contribution in [0.1, 0.15) is 77.1 Å². The third-order valence-corrected chi connectivity index (χ3v) is 9.38. The molecule has 6 rings (SSSR count). The molecule has 0 spiro atoms. The molecule has 2 aliphatic heterocycles. The Balaban J connectivity index is 1.23. The summed E-state index contributed by atoms with van der Waals surface area (Å²) in [7, 11) is -0.450. The van der Waals surface area contributed by atoms with Crippen molar-refractivity contribution in [3.05, 3.63) is 95.6 Å². The van der Waals surface area contributed by atoms with E-state index in [0.29, 0.717) is 6.04 Å². The highest BCUT2D eigenvalue weighted by Gasteiger charge is 2.53. The molecule has 3 aromatic carbocycles. The Bertz CT molecular complexity index is 1310. The number of carbonyl (C=O) groups excluding carboxylic acids is 1. The second-order valence-electron chi connectivity index (χ2n) is 12.9. The summed E-state index contributed by atoms with van der Waals surface area (Å²) in [6, 6.07) is 28.1. The maximum atomic E-state index is 13.8. The van der Waals surface area contributed by atoms with Crippen LogP contribution in [0.5, 0.6) is 0 Å². The number of hydrogen-bond acceptors (Lipinski definition) is 4. The van der Waals surface area contributed by atoms with Gasteiger partial charge in [-0.2, -0.15) is 0 Å². The lowest BCUT2D eigenvalue weighted by Gasteiger charge is -2.44. The van der Waals surface area contributed by atoms with E-state index in [9.17, 15) is 4.79 Å². The zero-order valence-corrected chi connectivity index (χ0v) is 23.9. The Kier molecular flexibility index (Phi) is 6.29. The van der Waals surface area contributed by atoms with Crippen molar-refractivity contribution in [2.24, 2.45) is 0 Å². The number of nitrogens with zero attached hydrogens (tertiary/aromatic N) is 1. The molecule has 0 radical (unpaired) electrons. The molecule has 0 unspecified atom stereocenters. The van der Waals surface area contributed by atoms with Crippen molar-refractivity contribution in [2.45, 2.75) is 89.1 Å². The number of hydrogen-bond donors (Lipinski definition) is 1. The van der Waals surface area contributed by atoms with Gasteiger partial charge in [-0.05, 0) is 82.6 Å². The molecule has 0 aromatic heterocycles. The lowest BCUT2D eigenvalue weighted by molar-refractivity contribution is -0.123. The van der Waals surface area contributed by atoms with Gasteiger partial charge >= 0.3 is 7.12 Å². The average molecular weight is 522 g/mol. The van der Waals surface area contributed by atoms with Gasteiger partial charge in [0, 0.05) is 17.8 Å². The van der Waals surface area contributed by atoms with Crippen LogP contribution < -0.4 is 15.7 Å². The summed E-state index contributed by atoms with van der Waals surface area (Å²) in [5, 5.41) is 3.90. The van der Waals surface area contributed by atoms with Gasteiger partial charge in [-0.1, -0.05) is 72.8 Å². The molecule has 39 heavy (non-hydrogen) atoms. The summed E-state index contributed by atoms with van der Waals surface area (Å²) in [4.78, 5) is 15.8. The second-order valence-corrected chi connectivity index (χ2v) is 12.9. The van der Waals surface area contributed by atoms with E-state index in [4.69, 9.17) is 9.31 Å². The summed E-state index contributed by atoms with van der Waals surface area (Å²) < 4.78 is 12.7. The number of benzene rings is 3. The number of carbonyl (C=O) groups is 1. The first kappa shape index (κ1) is 26.3. The van der Waals surface area contributed by atoms with Gasteiger partial charge in [0.15, 0.2) is 0 Å². The van der Waals surface area contributed by atoms with Crippen LogP contribution in [0.25, 0.3) is 0 Å². The van der Waals surface area contributed by atoms with Crippen molar-refractivity contribution in [3.63, 3.8) is 0 Å². The molecule has 3 aromatic rings. The van der Waals surface area contributed by atoms with E-state index >= 15 is 0 Å². The third-order valence-electron chi connectivity index (χ3n) is 9.38. The second kappa shape index (κ2) is 9.33. The van der Waals surface area contributed by atoms with Crippen molar-refractivity contribution in [1.82, 2.24) is 5.32 Å². The van der Waals surface area contributed by atoms with Gasteiger partial charge in [-0.15, -0.1) is 0 Å². The average Bonchev–Trinajstić information content (AvgIpc) is 3.23. The minimum atomic E-state index is -0.557. The first-order chi connectivity index (χ1) is 18.5. The van der Waals surface area contributed by atoms with Crippen molar-refractivity contribution in [2.75, 3.05) is 4.90 Å². The van der Waals surface area contributed by atoms with E-state index in [1.807, 2.05) is 13.8 Å². The van der Waals surface area contributed by atoms with Crippen molar-refractivity contribution in [3.8, 4) is 0 Å². The van der Waals surface area contributed by atoms with Gasteiger partial charge in [0.1, 0.15) is 0 Å². The topological polar surface area (TPSA) is 50.8 Å². The molecule has 2 fully saturated rings. The summed E-state index contributed by atoms with van der Waals surface area (Å²) >= 11 is 0. The monoisotopic (exact) mass is 522 g/mol. The first-order valence-corrected chi connectivity index (χ1v) is 14.2. The van der Waals surface area contributed by atoms with Gasteiger partial charge in [0.2, 0.25) is 5.91 Å². The molecule has 2 heterocycles. The number of nitrogens with one attached hydrogen (secondary N) is 1. The lowest BCUT2D eigenvalue weighted by atomic mass is 9.76. The van der Waals surface area contributed by atoms with E-state index in [0.717, 1.165) is 29.6 Å². The lowest BCUT2D eigenvalue weighted by Crippen LogP contribution is -2.55. The number of rotatable bonds is 6. The van der Waals surface area contributed by atoms with Crippen LogP contribution in [0.2, 0.25) is 0 Å². The quantitative estimate of drug-likeness (QED) is 0.434. The zero-order valence-electron chi connectivity index (χ0n) is 23.9. The summed E-state index contributed by atoms with van der Waals surface area (Å²) in [6.45, 7) is 12.4. The maximum absolute atomic E-state index is 13.8. The Labute approximate surface area is 233 Å². The van der Waals surface area contributed by atoms with Gasteiger partial charge in [-0.3, -0.25) is 4.79 Å². The van der Waals surface area contributed by atoms with E-state index in [1.165, 1.54) is 11.1 Å². The van der Waals surface area contributed by atoms with Crippen LogP contribution in [0.4, 0.5) is 5.69 Å². The van der Waals surface area contributed by atoms with Gasteiger partial charge in [0.25, 0.3) is 0 Å². The van der Waals surface area contributed by atoms with E-state index in [2.05, 4.69) is 117 Å². The highest BCUT2D eigenvalue weighted by Crippen LogP contribution is 2.46. The molecular weight excluding hydrogens is 483 g/mol. The first-order valence-electron chi connectivity index (χ1n) is 14.2. The SMILES string of the molecule is CC1(C)C(=O)N(C2CC(NC(c3ccccc3)c3ccccc3)C2)c2cc(B3OC(C)(C)C(C)(C)O3)ccc21. The van der Waals surface area contributed by atoms with Gasteiger partial charge < -0.3 is 19.5 Å². The van der Waals surface area contributed by atoms with Crippen molar-refractivity contribution >= 4 is 24.2 Å². The number of anilines is 1. The molecule has 1 amide bonds. The fraction of sp³-hybridized carbons (Fsp3) is 0.424. The van der Waals surface area contributed by atoms with Gasteiger partial charge in [-0.25, -0.2) is 0 Å². The molecule has 1 saturated heterocycles. The summed E-state index contributed by atoms with van der Waals surface area (Å²) in [5.74, 6) is 0.176. The van der Waals surface area contributed by atoms with Crippen LogP contribution in [-0.4, -0.2) is 36.3 Å². The fourth-order valence-electron chi connectivity index (χ4n) is 6.14. The van der Waals surface area contributed by atoms with Crippen molar-refractivity contribution in [1.29, 1.82) is 0 Å². The van der Waals surface area contributed by atoms with Crippen LogP contribution in [-0.2, 0) is 19.5 Å². The molecule has 0 atom stereocenters. The van der Waals surface area contributed by atoms with E-state index < -0.39 is 23.7 Å². The Morgan fingerprint density at radius 2 is 1.36 bits per heavy atom. The van der Waals surface area contributed by atoms with E-state index in [-0.39, 0.29) is 18.0 Å². The largest absolute Gasteiger partial charge is 0.494 e.